The van der Waals surface area contributed by atoms with Crippen molar-refractivity contribution in [2.75, 3.05) is 33.3 Å². The van der Waals surface area contributed by atoms with Crippen molar-refractivity contribution in [2.45, 2.75) is 19.8 Å². The highest BCUT2D eigenvalue weighted by Gasteiger charge is 2.20. The molecule has 1 aromatic carbocycles. The summed E-state index contributed by atoms with van der Waals surface area (Å²) in [6, 6.07) is 5.34. The molecule has 6 heteroatoms. The van der Waals surface area contributed by atoms with E-state index in [0.717, 1.165) is 18.5 Å². The highest BCUT2D eigenvalue weighted by atomic mass is 35.5. The summed E-state index contributed by atoms with van der Waals surface area (Å²) < 4.78 is 5.54. The summed E-state index contributed by atoms with van der Waals surface area (Å²) in [5.74, 6) is 0.668. The molecule has 0 aliphatic carbocycles. The van der Waals surface area contributed by atoms with Gasteiger partial charge in [-0.3, -0.25) is 9.59 Å². The van der Waals surface area contributed by atoms with Gasteiger partial charge in [-0.05, 0) is 31.0 Å². The third-order valence-corrected chi connectivity index (χ3v) is 4.04. The fraction of sp³-hybridized carbons (Fsp3) is 0.500. The predicted octanol–water partition coefficient (Wildman–Crippen LogP) is 2.11. The number of aryl methyl sites for hydroxylation is 1. The first-order chi connectivity index (χ1) is 10.5. The van der Waals surface area contributed by atoms with Crippen molar-refractivity contribution in [3.63, 3.8) is 0 Å². The quantitative estimate of drug-likeness (QED) is 0.805. The third-order valence-electron chi connectivity index (χ3n) is 3.80. The van der Waals surface area contributed by atoms with E-state index in [1.807, 2.05) is 13.0 Å². The van der Waals surface area contributed by atoms with Crippen LogP contribution in [-0.4, -0.2) is 54.9 Å². The summed E-state index contributed by atoms with van der Waals surface area (Å²) in [5, 5.41) is 0.578. The number of likely N-dealkylation sites (N-methyl/N-ethyl adjacent to an activating group) is 1. The van der Waals surface area contributed by atoms with E-state index in [1.165, 1.54) is 0 Å². The largest absolute Gasteiger partial charge is 0.483 e. The van der Waals surface area contributed by atoms with E-state index in [4.69, 9.17) is 16.3 Å². The molecule has 0 atom stereocenters. The lowest BCUT2D eigenvalue weighted by Gasteiger charge is -2.22. The van der Waals surface area contributed by atoms with Gasteiger partial charge in [0.05, 0.1) is 0 Å². The summed E-state index contributed by atoms with van der Waals surface area (Å²) in [4.78, 5) is 27.0. The van der Waals surface area contributed by atoms with Gasteiger partial charge in [0.15, 0.2) is 6.61 Å². The number of halogens is 1. The maximum Gasteiger partial charge on any atom is 0.260 e. The van der Waals surface area contributed by atoms with E-state index in [2.05, 4.69) is 0 Å². The van der Waals surface area contributed by atoms with Crippen LogP contribution in [0.2, 0.25) is 5.02 Å². The molecule has 1 heterocycles. The molecule has 1 aromatic rings. The number of hydrogen-bond donors (Lipinski definition) is 0. The summed E-state index contributed by atoms with van der Waals surface area (Å²) in [5.41, 5.74) is 0.933. The van der Waals surface area contributed by atoms with Crippen LogP contribution in [0.25, 0.3) is 0 Å². The van der Waals surface area contributed by atoms with Gasteiger partial charge in [0.25, 0.3) is 5.91 Å². The Bertz CT molecular complexity index is 562. The number of likely N-dealkylation sites (tertiary alicyclic amines) is 1. The first-order valence-electron chi connectivity index (χ1n) is 7.38. The van der Waals surface area contributed by atoms with Crippen molar-refractivity contribution in [2.24, 2.45) is 0 Å². The average molecular weight is 325 g/mol. The summed E-state index contributed by atoms with van der Waals surface area (Å²) in [7, 11) is 1.72. The SMILES string of the molecule is Cc1ccc(Cl)cc1OCC(=O)N(C)CCN1CCCC1=O. The summed E-state index contributed by atoms with van der Waals surface area (Å²) in [6.45, 7) is 3.75. The minimum Gasteiger partial charge on any atom is -0.483 e. The lowest BCUT2D eigenvalue weighted by molar-refractivity contribution is -0.134. The van der Waals surface area contributed by atoms with Gasteiger partial charge in [-0.25, -0.2) is 0 Å². The lowest BCUT2D eigenvalue weighted by Crippen LogP contribution is -2.38. The number of carbonyl (C=O) groups is 2. The van der Waals surface area contributed by atoms with Crippen molar-refractivity contribution in [1.82, 2.24) is 9.80 Å². The van der Waals surface area contributed by atoms with E-state index in [1.54, 1.807) is 29.0 Å². The molecule has 1 saturated heterocycles. The van der Waals surface area contributed by atoms with E-state index in [-0.39, 0.29) is 18.4 Å². The fourth-order valence-corrected chi connectivity index (χ4v) is 2.48. The Balaban J connectivity index is 1.78. The zero-order valence-electron chi connectivity index (χ0n) is 13.0. The molecule has 0 N–H and O–H groups in total. The van der Waals surface area contributed by atoms with Gasteiger partial charge in [0, 0.05) is 38.1 Å². The summed E-state index contributed by atoms with van der Waals surface area (Å²) in [6.07, 6.45) is 1.53. The first kappa shape index (κ1) is 16.6. The van der Waals surface area contributed by atoms with Gasteiger partial charge in [-0.1, -0.05) is 17.7 Å². The Morgan fingerprint density at radius 3 is 2.91 bits per heavy atom. The third kappa shape index (κ3) is 4.37. The normalized spacial score (nSPS) is 14.3. The van der Waals surface area contributed by atoms with Gasteiger partial charge in [-0.2, -0.15) is 0 Å². The average Bonchev–Trinajstić information content (AvgIpc) is 2.90. The second-order valence-corrected chi connectivity index (χ2v) is 5.93. The topological polar surface area (TPSA) is 49.9 Å². The van der Waals surface area contributed by atoms with Crippen LogP contribution in [-0.2, 0) is 9.59 Å². The molecule has 0 radical (unpaired) electrons. The highest BCUT2D eigenvalue weighted by molar-refractivity contribution is 6.30. The van der Waals surface area contributed by atoms with Gasteiger partial charge in [0.2, 0.25) is 5.91 Å². The zero-order valence-corrected chi connectivity index (χ0v) is 13.7. The number of ether oxygens (including phenoxy) is 1. The molecule has 0 saturated carbocycles. The monoisotopic (exact) mass is 324 g/mol. The molecule has 2 rings (SSSR count). The molecule has 0 unspecified atom stereocenters. The van der Waals surface area contributed by atoms with Crippen molar-refractivity contribution in [3.8, 4) is 5.75 Å². The van der Waals surface area contributed by atoms with Crippen LogP contribution in [0.15, 0.2) is 18.2 Å². The highest BCUT2D eigenvalue weighted by Crippen LogP contribution is 2.22. The predicted molar refractivity (Wildman–Crippen MR) is 85.1 cm³/mol. The second kappa shape index (κ2) is 7.49. The molecule has 1 aliphatic rings. The number of hydrogen-bond acceptors (Lipinski definition) is 3. The van der Waals surface area contributed by atoms with Crippen molar-refractivity contribution in [3.05, 3.63) is 28.8 Å². The van der Waals surface area contributed by atoms with E-state index in [0.29, 0.717) is 30.3 Å². The molecular weight excluding hydrogens is 304 g/mol. The lowest BCUT2D eigenvalue weighted by atomic mass is 10.2. The van der Waals surface area contributed by atoms with Crippen molar-refractivity contribution < 1.29 is 14.3 Å². The molecule has 120 valence electrons. The Hall–Kier alpha value is -1.75. The minimum atomic E-state index is -0.119. The Morgan fingerprint density at radius 2 is 2.23 bits per heavy atom. The molecule has 1 aliphatic heterocycles. The van der Waals surface area contributed by atoms with Crippen LogP contribution < -0.4 is 4.74 Å². The molecular formula is C16H21ClN2O3. The number of carbonyl (C=O) groups excluding carboxylic acids is 2. The molecule has 22 heavy (non-hydrogen) atoms. The molecule has 0 bridgehead atoms. The molecule has 2 amide bonds. The Labute approximate surface area is 135 Å². The van der Waals surface area contributed by atoms with Crippen molar-refractivity contribution in [1.29, 1.82) is 0 Å². The second-order valence-electron chi connectivity index (χ2n) is 5.50. The first-order valence-corrected chi connectivity index (χ1v) is 7.76. The van der Waals surface area contributed by atoms with E-state index in [9.17, 15) is 9.59 Å². The Kier molecular flexibility index (Phi) is 5.66. The van der Waals surface area contributed by atoms with Crippen LogP contribution in [0.3, 0.4) is 0 Å². The van der Waals surface area contributed by atoms with E-state index < -0.39 is 0 Å². The maximum atomic E-state index is 12.1. The van der Waals surface area contributed by atoms with Gasteiger partial charge < -0.3 is 14.5 Å². The van der Waals surface area contributed by atoms with Crippen LogP contribution in [0.1, 0.15) is 18.4 Å². The maximum absolute atomic E-state index is 12.1. The Morgan fingerprint density at radius 1 is 1.45 bits per heavy atom. The van der Waals surface area contributed by atoms with Crippen LogP contribution in [0.5, 0.6) is 5.75 Å². The zero-order chi connectivity index (χ0) is 16.1. The summed E-state index contributed by atoms with van der Waals surface area (Å²) >= 11 is 5.92. The van der Waals surface area contributed by atoms with Crippen LogP contribution in [0, 0.1) is 6.92 Å². The van der Waals surface area contributed by atoms with Gasteiger partial charge in [0.1, 0.15) is 5.75 Å². The standard InChI is InChI=1S/C16H21ClN2O3/c1-12-5-6-13(17)10-14(12)22-11-16(21)18(2)8-9-19-7-3-4-15(19)20/h5-6,10H,3-4,7-9,11H2,1-2H3. The van der Waals surface area contributed by atoms with Crippen LogP contribution in [0.4, 0.5) is 0 Å². The molecule has 5 nitrogen and oxygen atoms in total. The number of rotatable bonds is 6. The smallest absolute Gasteiger partial charge is 0.260 e. The van der Waals surface area contributed by atoms with Crippen LogP contribution >= 0.6 is 11.6 Å². The number of nitrogens with zero attached hydrogens (tertiary/aromatic N) is 2. The fourth-order valence-electron chi connectivity index (χ4n) is 2.31. The molecule has 1 fully saturated rings. The van der Waals surface area contributed by atoms with Crippen molar-refractivity contribution >= 4 is 23.4 Å². The van der Waals surface area contributed by atoms with Gasteiger partial charge in [-0.15, -0.1) is 0 Å². The van der Waals surface area contributed by atoms with Gasteiger partial charge >= 0.3 is 0 Å². The molecule has 0 aromatic heterocycles. The minimum absolute atomic E-state index is 0.0361. The number of amides is 2. The number of benzene rings is 1. The molecule has 0 spiro atoms. The van der Waals surface area contributed by atoms with E-state index >= 15 is 0 Å².